The number of hydrogen-bond acceptors (Lipinski definition) is 1. The molecule has 3 fully saturated rings. The number of carbonyl (C=O) groups excluding carboxylic acids is 1. The predicted octanol–water partition coefficient (Wildman–Crippen LogP) is 2.46. The van der Waals surface area contributed by atoms with Crippen molar-refractivity contribution in [2.24, 2.45) is 17.8 Å². The van der Waals surface area contributed by atoms with Crippen molar-refractivity contribution in [2.45, 2.75) is 49.4 Å². The molecule has 0 aromatic heterocycles. The molecule has 0 spiro atoms. The van der Waals surface area contributed by atoms with Crippen LogP contribution in [0.1, 0.15) is 38.5 Å². The lowest BCUT2D eigenvalue weighted by molar-refractivity contribution is -0.125. The molecule has 4 atom stereocenters. The highest BCUT2D eigenvalue weighted by molar-refractivity contribution is 9.09. The van der Waals surface area contributed by atoms with Crippen LogP contribution < -0.4 is 5.32 Å². The largest absolute Gasteiger partial charge is 0.352 e. The minimum Gasteiger partial charge on any atom is -0.352 e. The summed E-state index contributed by atoms with van der Waals surface area (Å²) in [6.45, 7) is 0. The molecule has 0 saturated heterocycles. The first-order valence-corrected chi connectivity index (χ1v) is 7.10. The average molecular weight is 272 g/mol. The molecule has 2 nitrogen and oxygen atoms in total. The van der Waals surface area contributed by atoms with Gasteiger partial charge in [0.2, 0.25) is 5.91 Å². The van der Waals surface area contributed by atoms with E-state index in [2.05, 4.69) is 21.2 Å². The van der Waals surface area contributed by atoms with Gasteiger partial charge in [0.05, 0.1) is 0 Å². The molecule has 15 heavy (non-hydrogen) atoms. The van der Waals surface area contributed by atoms with E-state index in [1.165, 1.54) is 19.3 Å². The van der Waals surface area contributed by atoms with Gasteiger partial charge in [0, 0.05) is 16.8 Å². The second-order valence-electron chi connectivity index (χ2n) is 5.49. The van der Waals surface area contributed by atoms with Gasteiger partial charge in [0.25, 0.3) is 0 Å². The number of rotatable bonds is 2. The Labute approximate surface area is 99.3 Å². The van der Waals surface area contributed by atoms with Crippen LogP contribution in [-0.4, -0.2) is 16.8 Å². The van der Waals surface area contributed by atoms with E-state index in [0.29, 0.717) is 22.7 Å². The number of fused-ring (bicyclic) bond motifs is 1. The van der Waals surface area contributed by atoms with E-state index in [-0.39, 0.29) is 0 Å². The van der Waals surface area contributed by atoms with Gasteiger partial charge in [-0.05, 0) is 43.9 Å². The van der Waals surface area contributed by atoms with Crippen LogP contribution >= 0.6 is 15.9 Å². The van der Waals surface area contributed by atoms with Gasteiger partial charge in [-0.1, -0.05) is 22.4 Å². The average Bonchev–Trinajstić information content (AvgIpc) is 2.64. The van der Waals surface area contributed by atoms with Gasteiger partial charge < -0.3 is 5.32 Å². The predicted molar refractivity (Wildman–Crippen MR) is 62.8 cm³/mol. The molecule has 0 bridgehead atoms. The Hall–Kier alpha value is -0.0500. The second-order valence-corrected chi connectivity index (χ2v) is 6.66. The minimum absolute atomic E-state index is 0.332. The summed E-state index contributed by atoms with van der Waals surface area (Å²) in [6.07, 6.45) is 7.33. The van der Waals surface area contributed by atoms with Crippen molar-refractivity contribution in [2.75, 3.05) is 0 Å². The molecule has 4 unspecified atom stereocenters. The number of hydrogen-bond donors (Lipinski definition) is 1. The second kappa shape index (κ2) is 3.76. The Balaban J connectivity index is 1.52. The summed E-state index contributed by atoms with van der Waals surface area (Å²) in [5.74, 6) is 2.49. The highest BCUT2D eigenvalue weighted by Gasteiger charge is 2.48. The minimum atomic E-state index is 0.332. The first-order chi connectivity index (χ1) is 7.24. The van der Waals surface area contributed by atoms with Gasteiger partial charge in [-0.3, -0.25) is 4.79 Å². The zero-order valence-electron chi connectivity index (χ0n) is 8.92. The maximum Gasteiger partial charge on any atom is 0.223 e. The van der Waals surface area contributed by atoms with E-state index in [1.807, 2.05) is 0 Å². The van der Waals surface area contributed by atoms with Crippen molar-refractivity contribution in [3.8, 4) is 0 Å². The third-order valence-electron chi connectivity index (χ3n) is 4.37. The van der Waals surface area contributed by atoms with Crippen LogP contribution in [0.4, 0.5) is 0 Å². The van der Waals surface area contributed by atoms with Crippen molar-refractivity contribution >= 4 is 21.8 Å². The van der Waals surface area contributed by atoms with Crippen molar-refractivity contribution < 1.29 is 4.79 Å². The van der Waals surface area contributed by atoms with E-state index < -0.39 is 0 Å². The summed E-state index contributed by atoms with van der Waals surface area (Å²) in [7, 11) is 0. The molecule has 3 aliphatic carbocycles. The summed E-state index contributed by atoms with van der Waals surface area (Å²) in [5, 5.41) is 3.23. The Morgan fingerprint density at radius 1 is 1.13 bits per heavy atom. The Morgan fingerprint density at radius 2 is 1.87 bits per heavy atom. The molecule has 3 heteroatoms. The molecule has 1 amide bonds. The molecule has 3 saturated carbocycles. The lowest BCUT2D eigenvalue weighted by atomic mass is 10.0. The van der Waals surface area contributed by atoms with E-state index in [1.54, 1.807) is 0 Å². The zero-order chi connectivity index (χ0) is 10.4. The highest BCUT2D eigenvalue weighted by Crippen LogP contribution is 2.54. The molecule has 3 aliphatic rings. The standard InChI is InChI=1S/C12H18BrNO/c13-10-2-1-3-11(10)14-12(15)9-5-7-4-8(7)6-9/h7-11H,1-6H2,(H,14,15). The van der Waals surface area contributed by atoms with Crippen LogP contribution in [0.15, 0.2) is 0 Å². The Morgan fingerprint density at radius 3 is 2.47 bits per heavy atom. The number of amides is 1. The maximum absolute atomic E-state index is 12.0. The van der Waals surface area contributed by atoms with Crippen LogP contribution in [-0.2, 0) is 4.79 Å². The monoisotopic (exact) mass is 271 g/mol. The van der Waals surface area contributed by atoms with Crippen molar-refractivity contribution in [3.63, 3.8) is 0 Å². The van der Waals surface area contributed by atoms with Gasteiger partial charge in [-0.15, -0.1) is 0 Å². The van der Waals surface area contributed by atoms with Gasteiger partial charge in [-0.2, -0.15) is 0 Å². The van der Waals surface area contributed by atoms with Crippen LogP contribution in [0.2, 0.25) is 0 Å². The zero-order valence-corrected chi connectivity index (χ0v) is 10.5. The van der Waals surface area contributed by atoms with Gasteiger partial charge in [0.15, 0.2) is 0 Å². The Kier molecular flexibility index (Phi) is 2.54. The fraction of sp³-hybridized carbons (Fsp3) is 0.917. The lowest BCUT2D eigenvalue weighted by Crippen LogP contribution is -2.40. The van der Waals surface area contributed by atoms with Crippen molar-refractivity contribution in [1.82, 2.24) is 5.32 Å². The van der Waals surface area contributed by atoms with Gasteiger partial charge in [0.1, 0.15) is 0 Å². The first kappa shape index (κ1) is 10.1. The van der Waals surface area contributed by atoms with Crippen LogP contribution in [0.25, 0.3) is 0 Å². The third kappa shape index (κ3) is 1.95. The normalized spacial score (nSPS) is 47.7. The molecule has 0 heterocycles. The summed E-state index contributed by atoms with van der Waals surface area (Å²) in [6, 6.07) is 0.398. The summed E-state index contributed by atoms with van der Waals surface area (Å²) < 4.78 is 0. The number of carbonyl (C=O) groups is 1. The molecule has 1 N–H and O–H groups in total. The van der Waals surface area contributed by atoms with E-state index in [4.69, 9.17) is 0 Å². The van der Waals surface area contributed by atoms with Crippen LogP contribution in [0.5, 0.6) is 0 Å². The molecule has 0 aliphatic heterocycles. The fourth-order valence-electron chi connectivity index (χ4n) is 3.31. The van der Waals surface area contributed by atoms with Crippen molar-refractivity contribution in [3.05, 3.63) is 0 Å². The molecular formula is C12H18BrNO. The topological polar surface area (TPSA) is 29.1 Å². The number of nitrogens with one attached hydrogen (secondary N) is 1. The first-order valence-electron chi connectivity index (χ1n) is 6.18. The summed E-state index contributed by atoms with van der Waals surface area (Å²) >= 11 is 3.65. The maximum atomic E-state index is 12.0. The van der Waals surface area contributed by atoms with E-state index in [9.17, 15) is 4.79 Å². The quantitative estimate of drug-likeness (QED) is 0.769. The Bertz CT molecular complexity index is 271. The molecule has 0 radical (unpaired) electrons. The van der Waals surface area contributed by atoms with E-state index in [0.717, 1.165) is 31.1 Å². The fourth-order valence-corrected chi connectivity index (χ4v) is 4.03. The molecule has 0 aromatic carbocycles. The van der Waals surface area contributed by atoms with Crippen molar-refractivity contribution in [1.29, 1.82) is 0 Å². The lowest BCUT2D eigenvalue weighted by Gasteiger charge is -2.19. The molecule has 0 aromatic rings. The third-order valence-corrected chi connectivity index (χ3v) is 5.47. The van der Waals surface area contributed by atoms with E-state index >= 15 is 0 Å². The van der Waals surface area contributed by atoms with Gasteiger partial charge >= 0.3 is 0 Å². The number of halogens is 1. The number of alkyl halides is 1. The van der Waals surface area contributed by atoms with Crippen LogP contribution in [0.3, 0.4) is 0 Å². The smallest absolute Gasteiger partial charge is 0.223 e. The molecule has 84 valence electrons. The molecule has 3 rings (SSSR count). The molecular weight excluding hydrogens is 254 g/mol. The SMILES string of the molecule is O=C(NC1CCCC1Br)C1CC2CC2C1. The van der Waals surface area contributed by atoms with Crippen LogP contribution in [0, 0.1) is 17.8 Å². The van der Waals surface area contributed by atoms with Gasteiger partial charge in [-0.25, -0.2) is 0 Å². The summed E-state index contributed by atoms with van der Waals surface area (Å²) in [5.41, 5.74) is 0. The highest BCUT2D eigenvalue weighted by atomic mass is 79.9. The summed E-state index contributed by atoms with van der Waals surface area (Å²) in [4.78, 5) is 12.5.